The van der Waals surface area contributed by atoms with Crippen molar-refractivity contribution >= 4 is 17.7 Å². The Morgan fingerprint density at radius 3 is 2.80 bits per heavy atom. The van der Waals surface area contributed by atoms with Crippen LogP contribution < -0.4 is 5.32 Å². The van der Waals surface area contributed by atoms with Gasteiger partial charge in [-0.2, -0.15) is 0 Å². The van der Waals surface area contributed by atoms with Gasteiger partial charge in [0.2, 0.25) is 0 Å². The van der Waals surface area contributed by atoms with Gasteiger partial charge in [-0.05, 0) is 5.56 Å². The van der Waals surface area contributed by atoms with Crippen molar-refractivity contribution in [3.8, 4) is 0 Å². The Morgan fingerprint density at radius 1 is 1.40 bits per heavy atom. The minimum atomic E-state index is -0.450. The summed E-state index contributed by atoms with van der Waals surface area (Å²) < 4.78 is 4.95. The lowest BCUT2D eigenvalue weighted by molar-refractivity contribution is 0.141. The summed E-state index contributed by atoms with van der Waals surface area (Å²) in [6.07, 6.45) is 1.17. The van der Waals surface area contributed by atoms with Crippen LogP contribution in [0, 0.1) is 0 Å². The first-order chi connectivity index (χ1) is 7.33. The molecule has 0 fully saturated rings. The quantitative estimate of drug-likeness (QED) is 0.856. The topological polar surface area (TPSA) is 38.3 Å². The molecule has 0 heterocycles. The number of hydrogen-bond acceptors (Lipinski definition) is 2. The maximum Gasteiger partial charge on any atom is 0.407 e. The highest BCUT2D eigenvalue weighted by molar-refractivity contribution is 6.25. The molecule has 1 N–H and O–H groups in total. The van der Waals surface area contributed by atoms with E-state index < -0.39 is 6.09 Å². The van der Waals surface area contributed by atoms with E-state index in [1.807, 2.05) is 30.3 Å². The van der Waals surface area contributed by atoms with Crippen molar-refractivity contribution in [1.82, 2.24) is 5.32 Å². The molecular weight excluding hydrogens is 214 g/mol. The summed E-state index contributed by atoms with van der Waals surface area (Å²) in [5, 5.41) is 2.52. The SMILES string of the molecule is O=C(NC/C=C/Cl)OCc1ccccc1. The van der Waals surface area contributed by atoms with Crippen LogP contribution in [0.15, 0.2) is 41.9 Å². The number of nitrogens with one attached hydrogen (secondary N) is 1. The average Bonchev–Trinajstić information content (AvgIpc) is 2.28. The molecule has 1 amide bonds. The molecule has 0 spiro atoms. The maximum absolute atomic E-state index is 11.1. The normalized spacial score (nSPS) is 10.2. The molecule has 0 unspecified atom stereocenters. The Balaban J connectivity index is 2.23. The number of carbonyl (C=O) groups excluding carboxylic acids is 1. The molecule has 4 heteroatoms. The summed E-state index contributed by atoms with van der Waals surface area (Å²) in [7, 11) is 0. The molecule has 0 aliphatic carbocycles. The van der Waals surface area contributed by atoms with E-state index >= 15 is 0 Å². The van der Waals surface area contributed by atoms with Crippen LogP contribution in [0.2, 0.25) is 0 Å². The smallest absolute Gasteiger partial charge is 0.407 e. The third-order valence-corrected chi connectivity index (χ3v) is 1.84. The third-order valence-electron chi connectivity index (χ3n) is 1.67. The zero-order chi connectivity index (χ0) is 10.9. The summed E-state index contributed by atoms with van der Waals surface area (Å²) in [6.45, 7) is 0.647. The van der Waals surface area contributed by atoms with Gasteiger partial charge in [0, 0.05) is 12.1 Å². The lowest BCUT2D eigenvalue weighted by Crippen LogP contribution is -2.24. The largest absolute Gasteiger partial charge is 0.445 e. The first-order valence-electron chi connectivity index (χ1n) is 4.52. The summed E-state index contributed by atoms with van der Waals surface area (Å²) in [5.74, 6) is 0. The fraction of sp³-hybridized carbons (Fsp3) is 0.182. The van der Waals surface area contributed by atoms with Crippen LogP contribution in [-0.2, 0) is 11.3 Å². The highest BCUT2D eigenvalue weighted by Gasteiger charge is 1.99. The van der Waals surface area contributed by atoms with Crippen LogP contribution in [0.5, 0.6) is 0 Å². The Hall–Kier alpha value is -1.48. The van der Waals surface area contributed by atoms with E-state index in [2.05, 4.69) is 5.32 Å². The number of ether oxygens (including phenoxy) is 1. The Morgan fingerprint density at radius 2 is 2.13 bits per heavy atom. The first-order valence-corrected chi connectivity index (χ1v) is 4.96. The molecule has 0 aliphatic rings. The van der Waals surface area contributed by atoms with Gasteiger partial charge in [0.1, 0.15) is 6.61 Å². The van der Waals surface area contributed by atoms with Gasteiger partial charge in [-0.25, -0.2) is 4.79 Å². The first kappa shape index (κ1) is 11.6. The van der Waals surface area contributed by atoms with E-state index in [1.165, 1.54) is 5.54 Å². The van der Waals surface area contributed by atoms with Gasteiger partial charge >= 0.3 is 6.09 Å². The van der Waals surface area contributed by atoms with E-state index in [9.17, 15) is 4.79 Å². The van der Waals surface area contributed by atoms with Gasteiger partial charge in [-0.1, -0.05) is 48.0 Å². The molecule has 1 aromatic carbocycles. The van der Waals surface area contributed by atoms with Crippen molar-refractivity contribution < 1.29 is 9.53 Å². The molecule has 80 valence electrons. The number of alkyl carbamates (subject to hydrolysis) is 1. The summed E-state index contributed by atoms with van der Waals surface area (Å²) in [6, 6.07) is 9.49. The molecule has 0 aromatic heterocycles. The zero-order valence-corrected chi connectivity index (χ0v) is 8.91. The summed E-state index contributed by atoms with van der Waals surface area (Å²) >= 11 is 5.29. The third kappa shape index (κ3) is 5.08. The molecule has 0 saturated carbocycles. The van der Waals surface area contributed by atoms with Crippen LogP contribution in [0.3, 0.4) is 0 Å². The molecule has 1 aromatic rings. The van der Waals surface area contributed by atoms with E-state index in [1.54, 1.807) is 6.08 Å². The van der Waals surface area contributed by atoms with Gasteiger partial charge in [-0.15, -0.1) is 0 Å². The number of benzene rings is 1. The fourth-order valence-corrected chi connectivity index (χ4v) is 1.05. The van der Waals surface area contributed by atoms with Crippen molar-refractivity contribution in [2.45, 2.75) is 6.61 Å². The van der Waals surface area contributed by atoms with Crippen molar-refractivity contribution in [3.05, 3.63) is 47.5 Å². The Kier molecular flexibility index (Phi) is 5.33. The van der Waals surface area contributed by atoms with E-state index in [-0.39, 0.29) is 6.61 Å². The molecule has 0 bridgehead atoms. The summed E-state index contributed by atoms with van der Waals surface area (Å²) in [4.78, 5) is 11.1. The molecule has 15 heavy (non-hydrogen) atoms. The highest BCUT2D eigenvalue weighted by Crippen LogP contribution is 2.00. The van der Waals surface area contributed by atoms with Crippen LogP contribution in [-0.4, -0.2) is 12.6 Å². The average molecular weight is 226 g/mol. The fourth-order valence-electron chi connectivity index (χ4n) is 0.961. The minimum Gasteiger partial charge on any atom is -0.445 e. The van der Waals surface area contributed by atoms with Gasteiger partial charge in [0.25, 0.3) is 0 Å². The van der Waals surface area contributed by atoms with Crippen molar-refractivity contribution in [2.75, 3.05) is 6.54 Å². The molecule has 0 radical (unpaired) electrons. The molecular formula is C11H12ClNO2. The van der Waals surface area contributed by atoms with Crippen LogP contribution in [0.1, 0.15) is 5.56 Å². The lowest BCUT2D eigenvalue weighted by atomic mass is 10.2. The second-order valence-corrected chi connectivity index (χ2v) is 3.06. The lowest BCUT2D eigenvalue weighted by Gasteiger charge is -2.04. The monoisotopic (exact) mass is 225 g/mol. The highest BCUT2D eigenvalue weighted by atomic mass is 35.5. The number of hydrogen-bond donors (Lipinski definition) is 1. The predicted octanol–water partition coefficient (Wildman–Crippen LogP) is 2.67. The van der Waals surface area contributed by atoms with Gasteiger partial charge in [0.15, 0.2) is 0 Å². The van der Waals surface area contributed by atoms with E-state index in [0.717, 1.165) is 5.56 Å². The number of carbonyl (C=O) groups is 1. The van der Waals surface area contributed by atoms with E-state index in [4.69, 9.17) is 16.3 Å². The standard InChI is InChI=1S/C11H12ClNO2/c12-7-4-8-13-11(14)15-9-10-5-2-1-3-6-10/h1-7H,8-9H2,(H,13,14)/b7-4+. The molecule has 0 aliphatic heterocycles. The Bertz CT molecular complexity index is 325. The molecule has 0 saturated heterocycles. The molecule has 3 nitrogen and oxygen atoms in total. The second kappa shape index (κ2) is 6.90. The maximum atomic E-state index is 11.1. The number of amides is 1. The second-order valence-electron chi connectivity index (χ2n) is 2.80. The van der Waals surface area contributed by atoms with Crippen LogP contribution >= 0.6 is 11.6 Å². The van der Waals surface area contributed by atoms with Gasteiger partial charge < -0.3 is 10.1 Å². The van der Waals surface area contributed by atoms with Crippen LogP contribution in [0.4, 0.5) is 4.79 Å². The van der Waals surface area contributed by atoms with Crippen molar-refractivity contribution in [1.29, 1.82) is 0 Å². The van der Waals surface area contributed by atoms with Crippen molar-refractivity contribution in [2.24, 2.45) is 0 Å². The van der Waals surface area contributed by atoms with Crippen molar-refractivity contribution in [3.63, 3.8) is 0 Å². The zero-order valence-electron chi connectivity index (χ0n) is 8.15. The molecule has 1 rings (SSSR count). The number of halogens is 1. The minimum absolute atomic E-state index is 0.275. The predicted molar refractivity (Wildman–Crippen MR) is 59.6 cm³/mol. The number of rotatable bonds is 4. The van der Waals surface area contributed by atoms with Gasteiger partial charge in [-0.3, -0.25) is 0 Å². The summed E-state index contributed by atoms with van der Waals surface area (Å²) in [5.41, 5.74) is 2.30. The van der Waals surface area contributed by atoms with Gasteiger partial charge in [0.05, 0.1) is 0 Å². The Labute approximate surface area is 93.7 Å². The van der Waals surface area contributed by atoms with E-state index in [0.29, 0.717) is 6.54 Å². The molecule has 0 atom stereocenters. The van der Waals surface area contributed by atoms with Crippen LogP contribution in [0.25, 0.3) is 0 Å².